The monoisotopic (exact) mass is 648 g/mol. The summed E-state index contributed by atoms with van der Waals surface area (Å²) in [6, 6.07) is 62.9. The lowest BCUT2D eigenvalue weighted by molar-refractivity contribution is 0.733. The molecule has 7 aromatic carbocycles. The van der Waals surface area contributed by atoms with Crippen LogP contribution in [-0.2, 0) is 0 Å². The molecule has 1 atom stereocenters. The molecule has 8 rings (SSSR count). The molecule has 1 aromatic heterocycles. The van der Waals surface area contributed by atoms with Gasteiger partial charge >= 0.3 is 0 Å². The van der Waals surface area contributed by atoms with Crippen LogP contribution in [0.1, 0.15) is 42.9 Å². The fourth-order valence-corrected chi connectivity index (χ4v) is 6.91. The van der Waals surface area contributed by atoms with Crippen LogP contribution >= 0.6 is 0 Å². The van der Waals surface area contributed by atoms with Crippen LogP contribution in [0.2, 0.25) is 0 Å². The first-order chi connectivity index (χ1) is 24.5. The number of aryl methyl sites for hydroxylation is 2. The van der Waals surface area contributed by atoms with Gasteiger partial charge in [-0.2, -0.15) is 0 Å². The van der Waals surface area contributed by atoms with Crippen molar-refractivity contribution in [3.63, 3.8) is 0 Å². The largest absolute Gasteiger partial charge is 0.311 e. The lowest BCUT2D eigenvalue weighted by atomic mass is 9.97. The highest BCUT2D eigenvalue weighted by atomic mass is 15.1. The fraction of sp³-hybridized carbons (Fsp3) is 0.125. The van der Waals surface area contributed by atoms with E-state index in [4.69, 9.17) is 0 Å². The predicted molar refractivity (Wildman–Crippen MR) is 216 cm³/mol. The molecule has 0 N–H and O–H groups in total. The Morgan fingerprint density at radius 1 is 0.460 bits per heavy atom. The van der Waals surface area contributed by atoms with E-state index >= 15 is 0 Å². The highest BCUT2D eigenvalue weighted by Crippen LogP contribution is 2.37. The number of hydrogen-bond donors (Lipinski definition) is 0. The number of fused-ring (bicyclic) bond motifs is 3. The zero-order chi connectivity index (χ0) is 34.5. The fourth-order valence-electron chi connectivity index (χ4n) is 6.91. The third kappa shape index (κ3) is 6.58. The molecule has 246 valence electrons. The van der Waals surface area contributed by atoms with E-state index in [9.17, 15) is 0 Å². The molecule has 0 aliphatic rings. The smallest absolute Gasteiger partial charge is 0.0541 e. The molecule has 2 heteroatoms. The van der Waals surface area contributed by atoms with Crippen LogP contribution < -0.4 is 4.90 Å². The quantitative estimate of drug-likeness (QED) is 0.167. The van der Waals surface area contributed by atoms with Gasteiger partial charge in [-0.3, -0.25) is 0 Å². The van der Waals surface area contributed by atoms with E-state index in [2.05, 4.69) is 213 Å². The number of nitrogens with zero attached hydrogens (tertiary/aromatic N) is 2. The molecule has 0 bridgehead atoms. The van der Waals surface area contributed by atoms with Crippen molar-refractivity contribution in [1.29, 1.82) is 0 Å². The molecule has 50 heavy (non-hydrogen) atoms. The van der Waals surface area contributed by atoms with E-state index in [1.165, 1.54) is 49.6 Å². The highest BCUT2D eigenvalue weighted by molar-refractivity contribution is 6.09. The SMILES string of the molecule is CCC(C)c1ccc(N(c2ccccc2)c2ccc(-n3c4ccccc4c4ccccc43)cc2)cc1.Cc1ccccc1-c1ccccc1C. The number of hydrogen-bond acceptors (Lipinski definition) is 1. The maximum Gasteiger partial charge on any atom is 0.0541 e. The van der Waals surface area contributed by atoms with E-state index in [1.54, 1.807) is 0 Å². The molecule has 0 radical (unpaired) electrons. The Hall–Kier alpha value is -5.86. The Labute approximate surface area is 296 Å². The van der Waals surface area contributed by atoms with E-state index in [0.717, 1.165) is 29.2 Å². The van der Waals surface area contributed by atoms with E-state index in [-0.39, 0.29) is 0 Å². The van der Waals surface area contributed by atoms with Crippen molar-refractivity contribution < 1.29 is 0 Å². The van der Waals surface area contributed by atoms with Crippen LogP contribution in [0.25, 0.3) is 38.6 Å². The van der Waals surface area contributed by atoms with Crippen molar-refractivity contribution in [3.05, 3.63) is 193 Å². The van der Waals surface area contributed by atoms with Crippen LogP contribution in [0.15, 0.2) is 176 Å². The van der Waals surface area contributed by atoms with Gasteiger partial charge in [-0.1, -0.05) is 129 Å². The first kappa shape index (κ1) is 32.7. The third-order valence-corrected chi connectivity index (χ3v) is 9.87. The van der Waals surface area contributed by atoms with Gasteiger partial charge in [-0.15, -0.1) is 0 Å². The second-order valence-electron chi connectivity index (χ2n) is 13.1. The summed E-state index contributed by atoms with van der Waals surface area (Å²) in [5.74, 6) is 0.565. The maximum atomic E-state index is 2.36. The molecule has 0 saturated carbocycles. The summed E-state index contributed by atoms with van der Waals surface area (Å²) >= 11 is 0. The summed E-state index contributed by atoms with van der Waals surface area (Å²) < 4.78 is 2.36. The van der Waals surface area contributed by atoms with Crippen LogP contribution in [0, 0.1) is 13.8 Å². The summed E-state index contributed by atoms with van der Waals surface area (Å²) in [7, 11) is 0. The summed E-state index contributed by atoms with van der Waals surface area (Å²) in [6.07, 6.45) is 1.14. The predicted octanol–water partition coefficient (Wildman–Crippen LogP) is 13.7. The summed E-state index contributed by atoms with van der Waals surface area (Å²) in [5, 5.41) is 2.56. The van der Waals surface area contributed by atoms with Crippen molar-refractivity contribution in [2.75, 3.05) is 4.90 Å². The van der Waals surface area contributed by atoms with Crippen LogP contribution in [-0.4, -0.2) is 4.57 Å². The van der Waals surface area contributed by atoms with Crippen molar-refractivity contribution in [2.24, 2.45) is 0 Å². The third-order valence-electron chi connectivity index (χ3n) is 9.87. The molecule has 0 aliphatic heterocycles. The molecule has 1 unspecified atom stereocenters. The number of benzene rings is 7. The molecule has 0 spiro atoms. The van der Waals surface area contributed by atoms with Gasteiger partial charge < -0.3 is 9.47 Å². The zero-order valence-electron chi connectivity index (χ0n) is 29.4. The topological polar surface area (TPSA) is 8.17 Å². The first-order valence-corrected chi connectivity index (χ1v) is 17.7. The lowest BCUT2D eigenvalue weighted by Crippen LogP contribution is -2.10. The van der Waals surface area contributed by atoms with Crippen molar-refractivity contribution in [1.82, 2.24) is 4.57 Å². The minimum atomic E-state index is 0.565. The minimum Gasteiger partial charge on any atom is -0.311 e. The van der Waals surface area contributed by atoms with Crippen LogP contribution in [0.3, 0.4) is 0 Å². The molecular formula is C48H44N2. The van der Waals surface area contributed by atoms with Gasteiger partial charge in [0.15, 0.2) is 0 Å². The molecule has 0 saturated heterocycles. The van der Waals surface area contributed by atoms with Gasteiger partial charge in [0.25, 0.3) is 0 Å². The summed E-state index contributed by atoms with van der Waals surface area (Å²) in [5.41, 5.74) is 13.8. The Bertz CT molecular complexity index is 2230. The Morgan fingerprint density at radius 2 is 0.880 bits per heavy atom. The van der Waals surface area contributed by atoms with Gasteiger partial charge in [-0.25, -0.2) is 0 Å². The second kappa shape index (κ2) is 14.7. The van der Waals surface area contributed by atoms with Gasteiger partial charge in [-0.05, 0) is 115 Å². The molecule has 8 aromatic rings. The first-order valence-electron chi connectivity index (χ1n) is 17.7. The van der Waals surface area contributed by atoms with Crippen LogP contribution in [0.5, 0.6) is 0 Å². The summed E-state index contributed by atoms with van der Waals surface area (Å²) in [4.78, 5) is 2.33. The van der Waals surface area contributed by atoms with Gasteiger partial charge in [0.2, 0.25) is 0 Å². The molecule has 1 heterocycles. The van der Waals surface area contributed by atoms with E-state index in [1.807, 2.05) is 0 Å². The average molecular weight is 649 g/mol. The maximum absolute atomic E-state index is 2.36. The van der Waals surface area contributed by atoms with Crippen molar-refractivity contribution in [3.8, 4) is 16.8 Å². The second-order valence-corrected chi connectivity index (χ2v) is 13.1. The standard InChI is InChI=1S/C34H30N2.C14H14/c1-3-25(2)26-17-19-28(20-18-26)35(27-11-5-4-6-12-27)29-21-23-30(24-22-29)36-33-15-9-7-13-31(33)32-14-8-10-16-34(32)36;1-11-7-3-5-9-13(11)14-10-6-4-8-12(14)2/h4-25H,3H2,1-2H3;3-10H,1-2H3. The molecule has 0 fully saturated rings. The van der Waals surface area contributed by atoms with E-state index in [0.29, 0.717) is 5.92 Å². The zero-order valence-corrected chi connectivity index (χ0v) is 29.4. The Kier molecular flexibility index (Phi) is 9.62. The molecule has 0 aliphatic carbocycles. The van der Waals surface area contributed by atoms with Gasteiger partial charge in [0, 0.05) is 33.5 Å². The Morgan fingerprint density at radius 3 is 1.38 bits per heavy atom. The summed E-state index contributed by atoms with van der Waals surface area (Å²) in [6.45, 7) is 8.84. The molecule has 0 amide bonds. The van der Waals surface area contributed by atoms with E-state index < -0.39 is 0 Å². The van der Waals surface area contributed by atoms with Gasteiger partial charge in [0.05, 0.1) is 11.0 Å². The lowest BCUT2D eigenvalue weighted by Gasteiger charge is -2.26. The highest BCUT2D eigenvalue weighted by Gasteiger charge is 2.15. The average Bonchev–Trinajstić information content (AvgIpc) is 3.51. The number of anilines is 3. The normalized spacial score (nSPS) is 11.6. The number of aromatic nitrogens is 1. The van der Waals surface area contributed by atoms with Gasteiger partial charge in [0.1, 0.15) is 0 Å². The van der Waals surface area contributed by atoms with Crippen molar-refractivity contribution >= 4 is 38.9 Å². The number of para-hydroxylation sites is 3. The number of rotatable bonds is 7. The van der Waals surface area contributed by atoms with Crippen LogP contribution in [0.4, 0.5) is 17.1 Å². The van der Waals surface area contributed by atoms with Crippen molar-refractivity contribution in [2.45, 2.75) is 40.0 Å². The molecule has 2 nitrogen and oxygen atoms in total. The Balaban J connectivity index is 0.000000234. The molecular weight excluding hydrogens is 605 g/mol. The minimum absolute atomic E-state index is 0.565.